The number of nitrogens with zero attached hydrogens (tertiary/aromatic N) is 2. The van der Waals surface area contributed by atoms with Gasteiger partial charge in [-0.25, -0.2) is 0 Å². The van der Waals surface area contributed by atoms with Crippen molar-refractivity contribution in [1.82, 2.24) is 20.4 Å². The lowest BCUT2D eigenvalue weighted by Crippen LogP contribution is -2.59. The molecule has 1 fully saturated rings. The molecule has 0 aliphatic carbocycles. The molecular weight excluding hydrogens is 232 g/mol. The van der Waals surface area contributed by atoms with Gasteiger partial charge in [0.15, 0.2) is 0 Å². The van der Waals surface area contributed by atoms with Gasteiger partial charge in [-0.1, -0.05) is 6.92 Å². The van der Waals surface area contributed by atoms with E-state index < -0.39 is 0 Å². The highest BCUT2D eigenvalue weighted by molar-refractivity contribution is 5.83. The van der Waals surface area contributed by atoms with E-state index in [4.69, 9.17) is 0 Å². The molecule has 1 unspecified atom stereocenters. The molecule has 1 aliphatic heterocycles. The van der Waals surface area contributed by atoms with Crippen molar-refractivity contribution in [3.05, 3.63) is 0 Å². The van der Waals surface area contributed by atoms with Crippen LogP contribution in [-0.4, -0.2) is 74.5 Å². The summed E-state index contributed by atoms with van der Waals surface area (Å²) in [6.45, 7) is 5.16. The maximum absolute atomic E-state index is 12.0. The molecule has 0 aromatic rings. The van der Waals surface area contributed by atoms with E-state index in [-0.39, 0.29) is 17.9 Å². The molecule has 0 spiro atoms. The van der Waals surface area contributed by atoms with E-state index in [1.165, 1.54) is 0 Å². The molecule has 2 amide bonds. The van der Waals surface area contributed by atoms with Crippen molar-refractivity contribution in [3.63, 3.8) is 0 Å². The average molecular weight is 256 g/mol. The van der Waals surface area contributed by atoms with Crippen molar-refractivity contribution in [2.45, 2.75) is 19.4 Å². The fraction of sp³-hybridized carbons (Fsp3) is 0.833. The summed E-state index contributed by atoms with van der Waals surface area (Å²) in [6, 6.07) is -0.235. The summed E-state index contributed by atoms with van der Waals surface area (Å²) >= 11 is 0. The molecule has 0 radical (unpaired) electrons. The summed E-state index contributed by atoms with van der Waals surface area (Å²) in [6.07, 6.45) is 0.924. The molecule has 6 heteroatoms. The Kier molecular flexibility index (Phi) is 6.07. The van der Waals surface area contributed by atoms with Gasteiger partial charge in [0.1, 0.15) is 6.04 Å². The van der Waals surface area contributed by atoms with Crippen molar-refractivity contribution in [3.8, 4) is 0 Å². The minimum absolute atomic E-state index is 0.00435. The monoisotopic (exact) mass is 256 g/mol. The smallest absolute Gasteiger partial charge is 0.240 e. The standard InChI is InChI=1S/C12H24N4O2/c1-4-5-14-11(17)9-16-7-6-13-8-10(16)12(18)15(2)3/h10,13H,4-9H2,1-3H3,(H,14,17). The van der Waals surface area contributed by atoms with Crippen molar-refractivity contribution in [1.29, 1.82) is 0 Å². The zero-order chi connectivity index (χ0) is 13.5. The molecule has 2 N–H and O–H groups in total. The first kappa shape index (κ1) is 14.9. The van der Waals surface area contributed by atoms with Gasteiger partial charge in [-0.15, -0.1) is 0 Å². The zero-order valence-corrected chi connectivity index (χ0v) is 11.5. The van der Waals surface area contributed by atoms with E-state index in [0.717, 1.165) is 19.5 Å². The summed E-state index contributed by atoms with van der Waals surface area (Å²) < 4.78 is 0. The van der Waals surface area contributed by atoms with E-state index in [0.29, 0.717) is 19.6 Å². The van der Waals surface area contributed by atoms with Gasteiger partial charge in [0.25, 0.3) is 0 Å². The van der Waals surface area contributed by atoms with E-state index >= 15 is 0 Å². The van der Waals surface area contributed by atoms with Gasteiger partial charge in [0, 0.05) is 40.3 Å². The highest BCUT2D eigenvalue weighted by Gasteiger charge is 2.30. The molecule has 1 saturated heterocycles. The third kappa shape index (κ3) is 4.27. The predicted octanol–water partition coefficient (Wildman–Crippen LogP) is -1.13. The van der Waals surface area contributed by atoms with E-state index in [1.54, 1.807) is 19.0 Å². The first-order valence-electron chi connectivity index (χ1n) is 6.49. The maximum atomic E-state index is 12.0. The van der Waals surface area contributed by atoms with E-state index in [2.05, 4.69) is 10.6 Å². The Hall–Kier alpha value is -1.14. The van der Waals surface area contributed by atoms with Crippen molar-refractivity contribution >= 4 is 11.8 Å². The Balaban J connectivity index is 2.54. The number of amides is 2. The lowest BCUT2D eigenvalue weighted by Gasteiger charge is -2.35. The van der Waals surface area contributed by atoms with Crippen molar-refractivity contribution in [2.24, 2.45) is 0 Å². The van der Waals surface area contributed by atoms with Gasteiger partial charge in [0.2, 0.25) is 11.8 Å². The summed E-state index contributed by atoms with van der Waals surface area (Å²) in [5, 5.41) is 6.04. The molecule has 0 saturated carbocycles. The molecule has 1 atom stereocenters. The Morgan fingerprint density at radius 3 is 2.78 bits per heavy atom. The van der Waals surface area contributed by atoms with Crippen LogP contribution in [0.5, 0.6) is 0 Å². The number of carbonyl (C=O) groups excluding carboxylic acids is 2. The number of nitrogens with one attached hydrogen (secondary N) is 2. The van der Waals surface area contributed by atoms with Crippen molar-refractivity contribution in [2.75, 3.05) is 46.8 Å². The van der Waals surface area contributed by atoms with Crippen LogP contribution < -0.4 is 10.6 Å². The van der Waals surface area contributed by atoms with Crippen LogP contribution in [-0.2, 0) is 9.59 Å². The summed E-state index contributed by atoms with van der Waals surface area (Å²) in [4.78, 5) is 27.3. The molecule has 0 aromatic heterocycles. The predicted molar refractivity (Wildman–Crippen MR) is 70.2 cm³/mol. The molecule has 1 rings (SSSR count). The summed E-state index contributed by atoms with van der Waals surface area (Å²) in [5.74, 6) is 0.0424. The number of hydrogen-bond donors (Lipinski definition) is 2. The summed E-state index contributed by atoms with van der Waals surface area (Å²) in [7, 11) is 3.48. The Bertz CT molecular complexity index is 294. The third-order valence-electron chi connectivity index (χ3n) is 3.00. The fourth-order valence-corrected chi connectivity index (χ4v) is 1.98. The lowest BCUT2D eigenvalue weighted by molar-refractivity contribution is -0.136. The Morgan fingerprint density at radius 2 is 2.17 bits per heavy atom. The highest BCUT2D eigenvalue weighted by atomic mass is 16.2. The van der Waals surface area contributed by atoms with Crippen LogP contribution in [0.4, 0.5) is 0 Å². The first-order valence-corrected chi connectivity index (χ1v) is 6.49. The molecule has 1 heterocycles. The number of likely N-dealkylation sites (N-methyl/N-ethyl adjacent to an activating group) is 1. The molecule has 0 bridgehead atoms. The second-order valence-corrected chi connectivity index (χ2v) is 4.77. The Morgan fingerprint density at radius 1 is 1.44 bits per heavy atom. The highest BCUT2D eigenvalue weighted by Crippen LogP contribution is 2.05. The molecule has 6 nitrogen and oxygen atoms in total. The van der Waals surface area contributed by atoms with E-state index in [9.17, 15) is 9.59 Å². The van der Waals surface area contributed by atoms with Crippen LogP contribution in [0.2, 0.25) is 0 Å². The van der Waals surface area contributed by atoms with Gasteiger partial charge in [-0.3, -0.25) is 14.5 Å². The summed E-state index contributed by atoms with van der Waals surface area (Å²) in [5.41, 5.74) is 0. The van der Waals surface area contributed by atoms with Gasteiger partial charge in [-0.2, -0.15) is 0 Å². The van der Waals surface area contributed by atoms with Gasteiger partial charge in [0.05, 0.1) is 6.54 Å². The molecule has 104 valence electrons. The zero-order valence-electron chi connectivity index (χ0n) is 11.5. The normalized spacial score (nSPS) is 20.5. The Labute approximate surface area is 109 Å². The first-order chi connectivity index (χ1) is 8.56. The largest absolute Gasteiger partial charge is 0.355 e. The minimum Gasteiger partial charge on any atom is -0.355 e. The fourth-order valence-electron chi connectivity index (χ4n) is 1.98. The number of piperazine rings is 1. The van der Waals surface area contributed by atoms with Crippen LogP contribution >= 0.6 is 0 Å². The number of rotatable bonds is 5. The van der Waals surface area contributed by atoms with Gasteiger partial charge in [-0.05, 0) is 6.42 Å². The lowest BCUT2D eigenvalue weighted by atomic mass is 10.1. The van der Waals surface area contributed by atoms with Crippen LogP contribution in [0.15, 0.2) is 0 Å². The van der Waals surface area contributed by atoms with Gasteiger partial charge < -0.3 is 15.5 Å². The maximum Gasteiger partial charge on any atom is 0.240 e. The molecule has 18 heavy (non-hydrogen) atoms. The number of carbonyl (C=O) groups is 2. The van der Waals surface area contributed by atoms with E-state index in [1.807, 2.05) is 11.8 Å². The van der Waals surface area contributed by atoms with Crippen molar-refractivity contribution < 1.29 is 9.59 Å². The average Bonchev–Trinajstić information content (AvgIpc) is 2.36. The quantitative estimate of drug-likeness (QED) is 0.654. The SMILES string of the molecule is CCCNC(=O)CN1CCNCC1C(=O)N(C)C. The number of hydrogen-bond acceptors (Lipinski definition) is 4. The molecular formula is C12H24N4O2. The molecule has 0 aromatic carbocycles. The van der Waals surface area contributed by atoms with Crippen LogP contribution in [0.1, 0.15) is 13.3 Å². The van der Waals surface area contributed by atoms with Crippen LogP contribution in [0.25, 0.3) is 0 Å². The third-order valence-corrected chi connectivity index (χ3v) is 3.00. The molecule has 1 aliphatic rings. The second kappa shape index (κ2) is 7.33. The van der Waals surface area contributed by atoms with Crippen LogP contribution in [0.3, 0.4) is 0 Å². The van der Waals surface area contributed by atoms with Crippen LogP contribution in [0, 0.1) is 0 Å². The minimum atomic E-state index is -0.235. The van der Waals surface area contributed by atoms with Gasteiger partial charge >= 0.3 is 0 Å². The topological polar surface area (TPSA) is 64.7 Å². The second-order valence-electron chi connectivity index (χ2n) is 4.77.